The lowest BCUT2D eigenvalue weighted by molar-refractivity contribution is 0.0525. The molecule has 4 aliphatic carbocycles. The van der Waals surface area contributed by atoms with E-state index in [0.717, 1.165) is 189 Å². The third-order valence-electron chi connectivity index (χ3n) is 22.7. The number of nitriles is 7. The first kappa shape index (κ1) is 86.0. The molecule has 7 aromatic carbocycles. The molecule has 4 saturated heterocycles. The zero-order valence-electron chi connectivity index (χ0n) is 66.2. The monoisotopic (exact) mass is 1690 g/mol. The Kier molecular flexibility index (Phi) is 28.2. The quantitative estimate of drug-likeness (QED) is 0.0754. The van der Waals surface area contributed by atoms with Crippen molar-refractivity contribution in [1.82, 2.24) is 19.6 Å². The smallest absolute Gasteiger partial charge is 0.341 e. The van der Waals surface area contributed by atoms with Gasteiger partial charge in [-0.25, -0.2) is 9.59 Å². The Labute approximate surface area is 705 Å². The molecule has 0 spiro atoms. The molecule has 117 heavy (non-hydrogen) atoms. The van der Waals surface area contributed by atoms with E-state index in [2.05, 4.69) is 95.1 Å². The molecule has 0 amide bonds. The average Bonchev–Trinajstić information content (AvgIpc) is 1.63. The lowest BCUT2D eigenvalue weighted by Crippen LogP contribution is -2.23. The number of piperidine rings is 4. The summed E-state index contributed by atoms with van der Waals surface area (Å²) in [5.74, 6) is 5.33. The number of benzene rings is 7. The van der Waals surface area contributed by atoms with Gasteiger partial charge >= 0.3 is 11.9 Å². The molecule has 8 fully saturated rings. The molecular formula is C91H87BrCl3N15O7. The highest BCUT2D eigenvalue weighted by Crippen LogP contribution is 2.50. The van der Waals surface area contributed by atoms with Crippen LogP contribution in [0.15, 0.2) is 120 Å². The molecule has 2 aromatic heterocycles. The van der Waals surface area contributed by atoms with Crippen LogP contribution in [0.5, 0.6) is 0 Å². The fraction of sp³-hybridized carbons (Fsp3) is 0.352. The van der Waals surface area contributed by atoms with Crippen molar-refractivity contribution in [3.05, 3.63) is 252 Å². The first-order valence-corrected chi connectivity index (χ1v) is 40.4. The van der Waals surface area contributed by atoms with Gasteiger partial charge in [0.1, 0.15) is 55.1 Å². The van der Waals surface area contributed by atoms with Crippen LogP contribution in [0.1, 0.15) is 169 Å². The highest BCUT2D eigenvalue weighted by Gasteiger charge is 2.48. The van der Waals surface area contributed by atoms with Crippen molar-refractivity contribution >= 4 is 98.0 Å². The summed E-state index contributed by atoms with van der Waals surface area (Å²) in [6.07, 6.45) is 13.0. The number of rotatable bonds is 14. The fourth-order valence-corrected chi connectivity index (χ4v) is 16.5. The summed E-state index contributed by atoms with van der Waals surface area (Å²) in [4.78, 5) is 53.3. The van der Waals surface area contributed by atoms with Crippen molar-refractivity contribution in [2.75, 3.05) is 78.6 Å². The van der Waals surface area contributed by atoms with Crippen molar-refractivity contribution in [3.63, 3.8) is 0 Å². The lowest BCUT2D eigenvalue weighted by Gasteiger charge is -2.23. The van der Waals surface area contributed by atoms with E-state index in [4.69, 9.17) is 60.4 Å². The molecule has 4 aliphatic heterocycles. The number of aryl methyl sites for hydroxylation is 7. The van der Waals surface area contributed by atoms with Crippen molar-refractivity contribution < 1.29 is 34.1 Å². The summed E-state index contributed by atoms with van der Waals surface area (Å²) >= 11 is 20.5. The molecule has 596 valence electrons. The van der Waals surface area contributed by atoms with Gasteiger partial charge in [-0.3, -0.25) is 19.0 Å². The summed E-state index contributed by atoms with van der Waals surface area (Å²) in [5, 5.41) is 91.1. The van der Waals surface area contributed by atoms with E-state index in [9.17, 15) is 45.3 Å². The zero-order chi connectivity index (χ0) is 84.2. The molecule has 2 N–H and O–H groups in total. The number of aldehydes is 2. The van der Waals surface area contributed by atoms with Crippen LogP contribution in [0.4, 0.5) is 22.7 Å². The van der Waals surface area contributed by atoms with Gasteiger partial charge in [-0.2, -0.15) is 47.0 Å². The van der Waals surface area contributed by atoms with Crippen LogP contribution in [0.3, 0.4) is 0 Å². The third-order valence-corrected chi connectivity index (χ3v) is 24.5. The predicted octanol–water partition coefficient (Wildman–Crippen LogP) is 17.1. The number of carboxylic acid groups (broad SMARTS) is 1. The maximum atomic E-state index is 11.8. The fourth-order valence-electron chi connectivity index (χ4n) is 15.4. The number of aromatic carboxylic acids is 1. The van der Waals surface area contributed by atoms with Crippen LogP contribution >= 0.6 is 50.7 Å². The Morgan fingerprint density at radius 1 is 0.453 bits per heavy atom. The summed E-state index contributed by atoms with van der Waals surface area (Å²) < 4.78 is 9.21. The summed E-state index contributed by atoms with van der Waals surface area (Å²) in [7, 11) is 0. The number of carboxylic acids is 1. The third kappa shape index (κ3) is 21.3. The molecule has 26 heteroatoms. The van der Waals surface area contributed by atoms with Gasteiger partial charge in [-0.05, 0) is 269 Å². The van der Waals surface area contributed by atoms with Gasteiger partial charge in [0.25, 0.3) is 0 Å². The van der Waals surface area contributed by atoms with Crippen LogP contribution < -0.4 is 19.6 Å². The van der Waals surface area contributed by atoms with E-state index >= 15 is 0 Å². The minimum absolute atomic E-state index is 0.00600. The van der Waals surface area contributed by atoms with Gasteiger partial charge in [-0.15, -0.1) is 0 Å². The molecule has 8 atom stereocenters. The second-order valence-corrected chi connectivity index (χ2v) is 33.1. The maximum Gasteiger partial charge on any atom is 0.341 e. The van der Waals surface area contributed by atoms with Gasteiger partial charge in [0.2, 0.25) is 0 Å². The topological polar surface area (TPSA) is 333 Å². The molecule has 22 nitrogen and oxygen atoms in total. The second-order valence-electron chi connectivity index (χ2n) is 31.1. The number of ether oxygens (including phenoxy) is 1. The minimum atomic E-state index is -0.987. The number of hydrogen-bond acceptors (Lipinski definition) is 19. The molecule has 0 bridgehead atoms. The summed E-state index contributed by atoms with van der Waals surface area (Å²) in [5.41, 5.74) is 20.0. The first-order valence-electron chi connectivity index (χ1n) is 38.5. The van der Waals surface area contributed by atoms with E-state index in [1.54, 1.807) is 65.8 Å². The number of hydrogen-bond donors (Lipinski definition) is 2. The van der Waals surface area contributed by atoms with E-state index in [-0.39, 0.29) is 18.1 Å². The van der Waals surface area contributed by atoms with Crippen LogP contribution in [-0.2, 0) is 24.4 Å². The number of aliphatic hydroxyl groups is 1. The van der Waals surface area contributed by atoms with E-state index < -0.39 is 5.97 Å². The van der Waals surface area contributed by atoms with Crippen molar-refractivity contribution in [2.45, 2.75) is 101 Å². The molecule has 0 radical (unpaired) electrons. The predicted molar refractivity (Wildman–Crippen MR) is 451 cm³/mol. The Morgan fingerprint density at radius 3 is 1.15 bits per heavy atom. The second kappa shape index (κ2) is 38.3. The number of carbonyl (C=O) groups is 4. The van der Waals surface area contributed by atoms with Crippen molar-refractivity contribution in [2.24, 2.45) is 47.3 Å². The molecule has 9 aromatic rings. The molecule has 6 heterocycles. The number of fused-ring (bicyclic) bond motifs is 4. The Morgan fingerprint density at radius 2 is 0.786 bits per heavy atom. The minimum Gasteiger partial charge on any atom is -0.478 e. The average molecular weight is 1690 g/mol. The Bertz CT molecular complexity index is 5610. The molecular weight excluding hydrogens is 1600 g/mol. The maximum absolute atomic E-state index is 11.8. The van der Waals surface area contributed by atoms with Gasteiger partial charge in [0, 0.05) is 80.4 Å². The first-order chi connectivity index (χ1) is 56.1. The van der Waals surface area contributed by atoms with Crippen LogP contribution in [0.25, 0.3) is 0 Å². The highest BCUT2D eigenvalue weighted by atomic mass is 79.9. The van der Waals surface area contributed by atoms with Gasteiger partial charge in [-0.1, -0.05) is 56.8 Å². The number of esters is 1. The molecule has 8 aliphatic rings. The zero-order valence-corrected chi connectivity index (χ0v) is 70.1. The number of aliphatic hydroxyl groups excluding tert-OH is 1. The van der Waals surface area contributed by atoms with Gasteiger partial charge in [0.05, 0.1) is 127 Å². The van der Waals surface area contributed by atoms with E-state index in [1.807, 2.05) is 83.2 Å². The van der Waals surface area contributed by atoms with Crippen LogP contribution in [0.2, 0.25) is 15.1 Å². The van der Waals surface area contributed by atoms with E-state index in [0.29, 0.717) is 96.7 Å². The molecule has 8 unspecified atom stereocenters. The number of anilines is 4. The normalized spacial score (nSPS) is 18.9. The Hall–Kier alpha value is -11.8. The van der Waals surface area contributed by atoms with Gasteiger partial charge < -0.3 is 34.5 Å². The van der Waals surface area contributed by atoms with E-state index in [1.165, 1.54) is 50.3 Å². The van der Waals surface area contributed by atoms with Crippen LogP contribution in [0, 0.1) is 175 Å². The van der Waals surface area contributed by atoms with Crippen LogP contribution in [-0.4, -0.2) is 113 Å². The number of halogens is 4. The summed E-state index contributed by atoms with van der Waals surface area (Å²) in [6, 6.07) is 42.6. The standard InChI is InChI=1S/C20H22N4O2.C18H18N4O2.C14H16N2O.C14H14N2O.C9H6ClNO.C8H5BrClN.C8H6ClN/c1-3-26-20(25)18-8-22-24(12-18)11-15-5-14(7-21)19(4-13(15)2)23-9-16-6-17(16)10-23;1-11-2-17(21-7-14-4-15(14)8-21)12(5-19)3-13(11)9-22-10-16(6-20-22)18(23)24;2*1-9-2-14(10(5-15)3-13(9)8-17)16-6-11-4-12(11)7-16;1-6-2-9(10)7(4-11)3-8(6)5-12;1-5-2-8(10)6(4-11)3-7(5)9;1-6-2-3-7(5-10)8(9)4-6/h4-5,8,12,16-17H,3,6,9-11H2,1-2H3;2-3,6,10,14-15H,4,7-9H2,1H3,(H,23,24);2-3,11-12,17H,4,6-8H2,1H3;2-3,8,11-12H,4,6-7H2,1H3;2-3,5H,1H3;2-3H,1H3;2-4H,1H3. The lowest BCUT2D eigenvalue weighted by atomic mass is 10.0. The summed E-state index contributed by atoms with van der Waals surface area (Å²) in [6.45, 7) is 25.3. The van der Waals surface area contributed by atoms with Crippen molar-refractivity contribution in [1.29, 1.82) is 36.8 Å². The highest BCUT2D eigenvalue weighted by molar-refractivity contribution is 9.10. The molecule has 17 rings (SSSR count). The van der Waals surface area contributed by atoms with Crippen molar-refractivity contribution in [3.8, 4) is 42.5 Å². The Balaban J connectivity index is 0.000000138. The van der Waals surface area contributed by atoms with Gasteiger partial charge in [0.15, 0.2) is 0 Å². The number of nitrogens with zero attached hydrogens (tertiary/aromatic N) is 15. The number of aromatic nitrogens is 4. The number of carbonyl (C=O) groups excluding carboxylic acids is 3. The molecule has 4 saturated carbocycles. The largest absolute Gasteiger partial charge is 0.478 e. The SMILES string of the molecule is CCOC(=O)c1cnn(Cc2cc(C#N)c(N3CC4CC4C3)cc2C)c1.Cc1cc(Cl)c(C#N)cc1Br.Cc1cc(Cl)c(C#N)cc1C=O.Cc1cc(N2CC3CC3C2)c(C#N)cc1C=O.Cc1cc(N2CC3CC3C2)c(C#N)cc1CO.Cc1cc(N2CC3CC3C2)c(C#N)cc1Cn1cc(C(=O)O)cn1.Cc1ccc(C#N)c(Cl)c1.